The Hall–Kier alpha value is 1.34. The molecule has 1 saturated heterocycles. The predicted molar refractivity (Wildman–Crippen MR) is 49.2 cm³/mol. The molecule has 1 fully saturated rings. The van der Waals surface area contributed by atoms with Gasteiger partial charge in [-0.2, -0.15) is 0 Å². The Morgan fingerprint density at radius 1 is 1.10 bits per heavy atom. The van der Waals surface area contributed by atoms with Crippen molar-refractivity contribution in [3.8, 4) is 0 Å². The summed E-state index contributed by atoms with van der Waals surface area (Å²) in [6.07, 6.45) is 2.56. The van der Waals surface area contributed by atoms with E-state index >= 15 is 0 Å². The predicted octanol–water partition coefficient (Wildman–Crippen LogP) is 2.96. The van der Waals surface area contributed by atoms with Crippen LogP contribution < -0.4 is 0 Å². The second kappa shape index (κ2) is 5.92. The number of halogens is 2. The quantitative estimate of drug-likeness (QED) is 0.624. The molecule has 4 heteroatoms. The average Bonchev–Trinajstić information content (AvgIpc) is 2.07. The summed E-state index contributed by atoms with van der Waals surface area (Å²) in [5.74, 6) is 0. The van der Waals surface area contributed by atoms with Crippen LogP contribution in [0.1, 0.15) is 12.8 Å². The fourth-order valence-corrected chi connectivity index (χ4v) is 0.510. The summed E-state index contributed by atoms with van der Waals surface area (Å²) in [5, 5.41) is 0. The van der Waals surface area contributed by atoms with Crippen LogP contribution in [0.25, 0.3) is 0 Å². The number of rotatable bonds is 0. The molecular weight excluding hydrogens is 278 g/mol. The molecule has 0 spiro atoms. The summed E-state index contributed by atoms with van der Waals surface area (Å²) in [7, 11) is 11.0. The van der Waals surface area contributed by atoms with Gasteiger partial charge in [-0.3, -0.25) is 0 Å². The van der Waals surface area contributed by atoms with Crippen LogP contribution in [-0.4, -0.2) is 29.3 Å². The van der Waals surface area contributed by atoms with Gasteiger partial charge in [-0.1, -0.05) is 0 Å². The number of ether oxygens (including phenoxy) is 1. The SMILES string of the molecule is C1CCOC1.[CH3][Sn]([CH3])([Cl])[Cl]. The van der Waals surface area contributed by atoms with E-state index in [4.69, 9.17) is 22.6 Å². The van der Waals surface area contributed by atoms with Crippen LogP contribution in [0.5, 0.6) is 0 Å². The van der Waals surface area contributed by atoms with Crippen LogP contribution in [0.3, 0.4) is 0 Å². The van der Waals surface area contributed by atoms with Crippen molar-refractivity contribution in [1.29, 1.82) is 0 Å². The summed E-state index contributed by atoms with van der Waals surface area (Å²) in [6, 6.07) is 0. The molecule has 0 saturated carbocycles. The van der Waals surface area contributed by atoms with Gasteiger partial charge in [0.25, 0.3) is 0 Å². The first-order valence-corrected chi connectivity index (χ1v) is 16.4. The molecule has 0 unspecified atom stereocenters. The first kappa shape index (κ1) is 11.3. The zero-order chi connectivity index (χ0) is 8.04. The Morgan fingerprint density at radius 3 is 1.50 bits per heavy atom. The molecule has 0 atom stereocenters. The van der Waals surface area contributed by atoms with Crippen molar-refractivity contribution in [2.45, 2.75) is 22.7 Å². The molecule has 62 valence electrons. The minimum atomic E-state index is -2.24. The molecule has 0 aromatic carbocycles. The molecule has 0 amide bonds. The number of hydrogen-bond acceptors (Lipinski definition) is 1. The summed E-state index contributed by atoms with van der Waals surface area (Å²) in [6.45, 7) is 2.00. The van der Waals surface area contributed by atoms with Crippen LogP contribution in [0, 0.1) is 0 Å². The van der Waals surface area contributed by atoms with Crippen LogP contribution in [0.15, 0.2) is 0 Å². The van der Waals surface area contributed by atoms with E-state index in [2.05, 4.69) is 0 Å². The normalized spacial score (nSPS) is 18.0. The molecule has 0 aromatic rings. The number of hydrogen-bond donors (Lipinski definition) is 0. The zero-order valence-electron chi connectivity index (χ0n) is 6.49. The standard InChI is InChI=1S/C4H8O.2CH3.2ClH.Sn/c1-2-4-5-3-1;;;;;/h1-4H2;2*1H3;2*1H;/q;;;;;+2/p-2. The van der Waals surface area contributed by atoms with Crippen molar-refractivity contribution in [3.63, 3.8) is 0 Å². The summed E-state index contributed by atoms with van der Waals surface area (Å²) in [4.78, 5) is 3.86. The molecule has 0 radical (unpaired) electrons. The van der Waals surface area contributed by atoms with Gasteiger partial charge < -0.3 is 4.74 Å². The van der Waals surface area contributed by atoms with Gasteiger partial charge in [0.15, 0.2) is 0 Å². The van der Waals surface area contributed by atoms with Crippen molar-refractivity contribution in [3.05, 3.63) is 0 Å². The Kier molecular flexibility index (Phi) is 6.72. The maximum atomic E-state index is 5.51. The van der Waals surface area contributed by atoms with Crippen LogP contribution in [0.2, 0.25) is 9.88 Å². The fourth-order valence-electron chi connectivity index (χ4n) is 0.510. The Labute approximate surface area is 74.3 Å². The molecule has 0 aromatic heterocycles. The molecule has 0 aliphatic carbocycles. The van der Waals surface area contributed by atoms with E-state index in [1.54, 1.807) is 0 Å². The topological polar surface area (TPSA) is 9.23 Å². The average molecular weight is 292 g/mol. The van der Waals surface area contributed by atoms with Crippen molar-refractivity contribution in [1.82, 2.24) is 0 Å². The Morgan fingerprint density at radius 2 is 1.40 bits per heavy atom. The van der Waals surface area contributed by atoms with E-state index in [1.165, 1.54) is 12.8 Å². The monoisotopic (exact) mass is 292 g/mol. The van der Waals surface area contributed by atoms with Gasteiger partial charge in [0.1, 0.15) is 0 Å². The second-order valence-electron chi connectivity index (χ2n) is 2.65. The summed E-state index contributed by atoms with van der Waals surface area (Å²) >= 11 is -2.24. The third-order valence-electron chi connectivity index (χ3n) is 0.827. The van der Waals surface area contributed by atoms with E-state index < -0.39 is 16.1 Å². The van der Waals surface area contributed by atoms with Gasteiger partial charge in [-0.25, -0.2) is 0 Å². The summed E-state index contributed by atoms with van der Waals surface area (Å²) in [5.41, 5.74) is 0. The first-order chi connectivity index (χ1) is 4.50. The van der Waals surface area contributed by atoms with Crippen molar-refractivity contribution in [2.24, 2.45) is 0 Å². The van der Waals surface area contributed by atoms with E-state index in [9.17, 15) is 0 Å². The van der Waals surface area contributed by atoms with Crippen molar-refractivity contribution < 1.29 is 4.74 Å². The van der Waals surface area contributed by atoms with E-state index in [0.717, 1.165) is 13.2 Å². The van der Waals surface area contributed by atoms with Gasteiger partial charge in [0.05, 0.1) is 0 Å². The Balaban J connectivity index is 0.000000162. The van der Waals surface area contributed by atoms with Gasteiger partial charge in [-0.05, 0) is 12.8 Å². The molecule has 1 aliphatic heterocycles. The van der Waals surface area contributed by atoms with Crippen molar-refractivity contribution >= 4 is 34.0 Å². The maximum absolute atomic E-state index is 5.51. The van der Waals surface area contributed by atoms with Gasteiger partial charge in [-0.15, -0.1) is 0 Å². The van der Waals surface area contributed by atoms with Crippen LogP contribution in [-0.2, 0) is 4.74 Å². The Bertz CT molecular complexity index is 64.7. The zero-order valence-corrected chi connectivity index (χ0v) is 10.9. The molecular formula is C6H14Cl2OSn. The molecule has 10 heavy (non-hydrogen) atoms. The minimum absolute atomic E-state index is 1.00. The molecule has 1 nitrogen and oxygen atoms in total. The molecule has 0 N–H and O–H groups in total. The van der Waals surface area contributed by atoms with E-state index in [-0.39, 0.29) is 0 Å². The molecule has 1 heterocycles. The van der Waals surface area contributed by atoms with E-state index in [1.807, 2.05) is 9.88 Å². The third-order valence-corrected chi connectivity index (χ3v) is 0.827. The van der Waals surface area contributed by atoms with E-state index in [0.29, 0.717) is 0 Å². The van der Waals surface area contributed by atoms with Gasteiger partial charge >= 0.3 is 43.8 Å². The molecule has 1 aliphatic rings. The molecule has 0 bridgehead atoms. The fraction of sp³-hybridized carbons (Fsp3) is 1.00. The van der Waals surface area contributed by atoms with Gasteiger partial charge in [0.2, 0.25) is 0 Å². The van der Waals surface area contributed by atoms with Crippen LogP contribution in [0.4, 0.5) is 0 Å². The summed E-state index contributed by atoms with van der Waals surface area (Å²) < 4.78 is 4.94. The third kappa shape index (κ3) is 16.2. The van der Waals surface area contributed by atoms with Crippen molar-refractivity contribution in [2.75, 3.05) is 13.2 Å². The van der Waals surface area contributed by atoms with Crippen LogP contribution >= 0.6 is 17.8 Å². The first-order valence-electron chi connectivity index (χ1n) is 3.46. The second-order valence-corrected chi connectivity index (χ2v) is 24.2. The van der Waals surface area contributed by atoms with Gasteiger partial charge in [0, 0.05) is 13.2 Å². The molecule has 1 rings (SSSR count).